The number of nitrogens with zero attached hydrogens (tertiary/aromatic N) is 1. The van der Waals surface area contributed by atoms with Gasteiger partial charge in [-0.3, -0.25) is 14.5 Å². The first kappa shape index (κ1) is 17.6. The normalized spacial score (nSPS) is 25.2. The van der Waals surface area contributed by atoms with E-state index < -0.39 is 17.5 Å². The highest BCUT2D eigenvalue weighted by molar-refractivity contribution is 6.09. The van der Waals surface area contributed by atoms with E-state index in [1.165, 1.54) is 0 Å². The highest BCUT2D eigenvalue weighted by atomic mass is 16.6. The van der Waals surface area contributed by atoms with Crippen molar-refractivity contribution >= 4 is 17.8 Å². The number of ether oxygens (including phenoxy) is 2. The van der Waals surface area contributed by atoms with Crippen LogP contribution >= 0.6 is 0 Å². The van der Waals surface area contributed by atoms with Crippen LogP contribution in [-0.4, -0.2) is 48.5 Å². The van der Waals surface area contributed by atoms with Gasteiger partial charge in [-0.05, 0) is 50.3 Å². The molecule has 0 bridgehead atoms. The van der Waals surface area contributed by atoms with Gasteiger partial charge in [0.2, 0.25) is 5.91 Å². The molecule has 8 heteroatoms. The second-order valence-corrected chi connectivity index (χ2v) is 7.50. The Bertz CT molecular complexity index is 807. The van der Waals surface area contributed by atoms with Crippen LogP contribution in [0.1, 0.15) is 32.3 Å². The number of carbonyl (C=O) groups is 3. The summed E-state index contributed by atoms with van der Waals surface area (Å²) in [7, 11) is 0. The van der Waals surface area contributed by atoms with Gasteiger partial charge < -0.3 is 20.1 Å². The Kier molecular flexibility index (Phi) is 4.20. The summed E-state index contributed by atoms with van der Waals surface area (Å²) in [6.45, 7) is 4.19. The topological polar surface area (TPSA) is 97.0 Å². The lowest BCUT2D eigenvalue weighted by Crippen LogP contribution is -2.45. The van der Waals surface area contributed by atoms with E-state index in [0.717, 1.165) is 17.7 Å². The van der Waals surface area contributed by atoms with Crippen LogP contribution in [-0.2, 0) is 15.1 Å². The van der Waals surface area contributed by atoms with E-state index in [0.29, 0.717) is 36.2 Å². The van der Waals surface area contributed by atoms with Crippen LogP contribution in [0.4, 0.5) is 4.79 Å². The molecule has 1 aromatic carbocycles. The van der Waals surface area contributed by atoms with Crippen molar-refractivity contribution in [2.75, 3.05) is 19.8 Å². The van der Waals surface area contributed by atoms with Crippen LogP contribution in [0.2, 0.25) is 0 Å². The van der Waals surface area contributed by atoms with Gasteiger partial charge in [0.1, 0.15) is 25.3 Å². The fourth-order valence-corrected chi connectivity index (χ4v) is 3.55. The Balaban J connectivity index is 1.50. The second kappa shape index (κ2) is 6.44. The predicted molar refractivity (Wildman–Crippen MR) is 95.4 cm³/mol. The maximum absolute atomic E-state index is 13.0. The van der Waals surface area contributed by atoms with Crippen LogP contribution in [0.3, 0.4) is 0 Å². The van der Waals surface area contributed by atoms with Gasteiger partial charge in [0.15, 0.2) is 11.5 Å². The number of hydrogen-bond acceptors (Lipinski definition) is 5. The SMILES string of the molecule is C[C@H](NC(=O)CN1C(=O)N[C@](C)(c2ccc3c(c2)OCCO3)C1=O)C1CC1. The number of nitrogens with one attached hydrogen (secondary N) is 2. The zero-order valence-corrected chi connectivity index (χ0v) is 15.4. The third-order valence-corrected chi connectivity index (χ3v) is 5.41. The summed E-state index contributed by atoms with van der Waals surface area (Å²) in [5.41, 5.74) is -0.672. The molecule has 1 saturated carbocycles. The molecule has 0 aromatic heterocycles. The number of amides is 4. The smallest absolute Gasteiger partial charge is 0.325 e. The van der Waals surface area contributed by atoms with Crippen molar-refractivity contribution in [3.05, 3.63) is 23.8 Å². The number of imide groups is 1. The van der Waals surface area contributed by atoms with Gasteiger partial charge in [0, 0.05) is 6.04 Å². The molecule has 4 amide bonds. The van der Waals surface area contributed by atoms with Crippen LogP contribution < -0.4 is 20.1 Å². The molecule has 1 saturated heterocycles. The van der Waals surface area contributed by atoms with Crippen LogP contribution in [0, 0.1) is 5.92 Å². The fourth-order valence-electron chi connectivity index (χ4n) is 3.55. The minimum Gasteiger partial charge on any atom is -0.486 e. The predicted octanol–water partition coefficient (Wildman–Crippen LogP) is 1.14. The Morgan fingerprint density at radius 3 is 2.70 bits per heavy atom. The summed E-state index contributed by atoms with van der Waals surface area (Å²) in [5.74, 6) is 0.856. The Morgan fingerprint density at radius 1 is 1.30 bits per heavy atom. The second-order valence-electron chi connectivity index (χ2n) is 7.50. The molecule has 2 N–H and O–H groups in total. The molecule has 0 unspecified atom stereocenters. The molecule has 4 rings (SSSR count). The molecule has 2 heterocycles. The molecular weight excluding hydrogens is 350 g/mol. The summed E-state index contributed by atoms with van der Waals surface area (Å²) in [6, 6.07) is 4.63. The summed E-state index contributed by atoms with van der Waals surface area (Å²) < 4.78 is 11.1. The monoisotopic (exact) mass is 373 g/mol. The number of fused-ring (bicyclic) bond motifs is 1. The van der Waals surface area contributed by atoms with Crippen LogP contribution in [0.15, 0.2) is 18.2 Å². The number of carbonyl (C=O) groups excluding carboxylic acids is 3. The van der Waals surface area contributed by atoms with Crippen molar-refractivity contribution in [3.8, 4) is 11.5 Å². The van der Waals surface area contributed by atoms with Crippen molar-refractivity contribution in [1.82, 2.24) is 15.5 Å². The van der Waals surface area contributed by atoms with Crippen molar-refractivity contribution in [2.24, 2.45) is 5.92 Å². The Morgan fingerprint density at radius 2 is 2.00 bits per heavy atom. The quantitative estimate of drug-likeness (QED) is 0.755. The standard InChI is InChI=1S/C19H23N3O5/c1-11(12-3-4-12)20-16(23)10-22-17(24)19(2,21-18(22)25)13-5-6-14-15(9-13)27-8-7-26-14/h5-6,9,11-12H,3-4,7-8,10H2,1-2H3,(H,20,23)(H,21,25)/t11-,19+/m0/s1. The molecule has 0 spiro atoms. The Hall–Kier alpha value is -2.77. The van der Waals surface area contributed by atoms with E-state index in [1.807, 2.05) is 6.92 Å². The largest absolute Gasteiger partial charge is 0.486 e. The lowest BCUT2D eigenvalue weighted by molar-refractivity contribution is -0.135. The maximum Gasteiger partial charge on any atom is 0.325 e. The number of benzene rings is 1. The molecule has 2 atom stereocenters. The summed E-state index contributed by atoms with van der Waals surface area (Å²) in [5, 5.41) is 5.58. The summed E-state index contributed by atoms with van der Waals surface area (Å²) in [4.78, 5) is 38.6. The van der Waals surface area contributed by atoms with E-state index in [4.69, 9.17) is 9.47 Å². The highest BCUT2D eigenvalue weighted by Crippen LogP contribution is 2.37. The minimum atomic E-state index is -1.25. The van der Waals surface area contributed by atoms with E-state index in [9.17, 15) is 14.4 Å². The number of hydrogen-bond donors (Lipinski definition) is 2. The Labute approximate surface area is 157 Å². The zero-order chi connectivity index (χ0) is 19.2. The molecule has 2 fully saturated rings. The van der Waals surface area contributed by atoms with E-state index in [2.05, 4.69) is 10.6 Å². The third-order valence-electron chi connectivity index (χ3n) is 5.41. The number of urea groups is 1. The van der Waals surface area contributed by atoms with E-state index in [-0.39, 0.29) is 18.5 Å². The molecule has 1 aromatic rings. The van der Waals surface area contributed by atoms with Crippen LogP contribution in [0.25, 0.3) is 0 Å². The number of rotatable bonds is 5. The molecule has 2 aliphatic heterocycles. The van der Waals surface area contributed by atoms with E-state index in [1.54, 1.807) is 25.1 Å². The van der Waals surface area contributed by atoms with Crippen LogP contribution in [0.5, 0.6) is 11.5 Å². The van der Waals surface area contributed by atoms with Gasteiger partial charge in [-0.2, -0.15) is 0 Å². The lowest BCUT2D eigenvalue weighted by Gasteiger charge is -2.25. The van der Waals surface area contributed by atoms with Gasteiger partial charge in [-0.15, -0.1) is 0 Å². The van der Waals surface area contributed by atoms with Gasteiger partial charge in [-0.1, -0.05) is 6.07 Å². The van der Waals surface area contributed by atoms with Crippen molar-refractivity contribution in [1.29, 1.82) is 0 Å². The summed E-state index contributed by atoms with van der Waals surface area (Å²) in [6.07, 6.45) is 2.21. The van der Waals surface area contributed by atoms with E-state index >= 15 is 0 Å². The zero-order valence-electron chi connectivity index (χ0n) is 15.4. The first-order valence-corrected chi connectivity index (χ1v) is 9.22. The average molecular weight is 373 g/mol. The summed E-state index contributed by atoms with van der Waals surface area (Å²) >= 11 is 0. The van der Waals surface area contributed by atoms with Crippen molar-refractivity contribution in [2.45, 2.75) is 38.3 Å². The minimum absolute atomic E-state index is 0.0578. The van der Waals surface area contributed by atoms with Gasteiger partial charge in [-0.25, -0.2) is 4.79 Å². The molecule has 8 nitrogen and oxygen atoms in total. The maximum atomic E-state index is 13.0. The fraction of sp³-hybridized carbons (Fsp3) is 0.526. The van der Waals surface area contributed by atoms with Crippen molar-refractivity contribution < 1.29 is 23.9 Å². The molecule has 1 aliphatic carbocycles. The molecule has 144 valence electrons. The van der Waals surface area contributed by atoms with Gasteiger partial charge >= 0.3 is 6.03 Å². The highest BCUT2D eigenvalue weighted by Gasteiger charge is 2.50. The molecular formula is C19H23N3O5. The van der Waals surface area contributed by atoms with Gasteiger partial charge in [0.05, 0.1) is 0 Å². The first-order valence-electron chi connectivity index (χ1n) is 9.22. The molecule has 0 radical (unpaired) electrons. The van der Waals surface area contributed by atoms with Gasteiger partial charge in [0.25, 0.3) is 5.91 Å². The molecule has 27 heavy (non-hydrogen) atoms. The molecule has 3 aliphatic rings. The lowest BCUT2D eigenvalue weighted by atomic mass is 9.91. The first-order chi connectivity index (χ1) is 12.9. The average Bonchev–Trinajstić information content (AvgIpc) is 3.47. The van der Waals surface area contributed by atoms with Crippen molar-refractivity contribution in [3.63, 3.8) is 0 Å². The third kappa shape index (κ3) is 3.20.